The quantitative estimate of drug-likeness (QED) is 0.816. The van der Waals surface area contributed by atoms with Crippen molar-refractivity contribution in [2.75, 3.05) is 18.9 Å². The highest BCUT2D eigenvalue weighted by molar-refractivity contribution is 6.04. The van der Waals surface area contributed by atoms with Gasteiger partial charge >= 0.3 is 0 Å². The van der Waals surface area contributed by atoms with Gasteiger partial charge in [0.05, 0.1) is 6.54 Å². The molecule has 1 aliphatic carbocycles. The van der Waals surface area contributed by atoms with E-state index in [1.54, 1.807) is 0 Å². The minimum Gasteiger partial charge on any atom is -0.352 e. The Morgan fingerprint density at radius 1 is 1.04 bits per heavy atom. The monoisotopic (exact) mass is 337 g/mol. The molecule has 3 rings (SSSR count). The van der Waals surface area contributed by atoms with E-state index in [2.05, 4.69) is 10.6 Å². The molecule has 2 aromatic carbocycles. The number of amides is 2. The Morgan fingerprint density at radius 2 is 1.72 bits per heavy atom. The number of carbonyl (C=O) groups is 2. The van der Waals surface area contributed by atoms with Gasteiger partial charge in [0.25, 0.3) is 5.91 Å². The van der Waals surface area contributed by atoms with Gasteiger partial charge in [-0.3, -0.25) is 14.5 Å². The third-order valence-electron chi connectivity index (χ3n) is 4.06. The van der Waals surface area contributed by atoms with Gasteiger partial charge < -0.3 is 10.6 Å². The lowest BCUT2D eigenvalue weighted by atomic mass is 10.1. The van der Waals surface area contributed by atoms with Crippen molar-refractivity contribution in [2.45, 2.75) is 25.4 Å². The Morgan fingerprint density at radius 3 is 2.36 bits per heavy atom. The fourth-order valence-corrected chi connectivity index (χ4v) is 2.60. The average molecular weight is 337 g/mol. The van der Waals surface area contributed by atoms with E-state index in [0.717, 1.165) is 24.1 Å². The summed E-state index contributed by atoms with van der Waals surface area (Å²) in [4.78, 5) is 26.0. The molecule has 2 amide bonds. The second-order valence-electron chi connectivity index (χ2n) is 6.53. The summed E-state index contributed by atoms with van der Waals surface area (Å²) in [6.45, 7) is 1.05. The lowest BCUT2D eigenvalue weighted by Gasteiger charge is -2.16. The smallest absolute Gasteiger partial charge is 0.255 e. The first-order valence-corrected chi connectivity index (χ1v) is 8.53. The maximum Gasteiger partial charge on any atom is 0.255 e. The summed E-state index contributed by atoms with van der Waals surface area (Å²) < 4.78 is 0. The molecule has 5 heteroatoms. The van der Waals surface area contributed by atoms with Crippen molar-refractivity contribution in [1.82, 2.24) is 10.2 Å². The molecule has 0 radical (unpaired) electrons. The number of anilines is 1. The molecule has 0 unspecified atom stereocenters. The van der Waals surface area contributed by atoms with E-state index in [0.29, 0.717) is 24.7 Å². The third kappa shape index (κ3) is 5.43. The summed E-state index contributed by atoms with van der Waals surface area (Å²) in [5, 5.41) is 5.85. The summed E-state index contributed by atoms with van der Waals surface area (Å²) in [6, 6.07) is 17.3. The Balaban J connectivity index is 1.50. The van der Waals surface area contributed by atoms with Gasteiger partial charge in [-0.15, -0.1) is 0 Å². The van der Waals surface area contributed by atoms with Crippen molar-refractivity contribution >= 4 is 17.5 Å². The zero-order chi connectivity index (χ0) is 17.6. The van der Waals surface area contributed by atoms with Gasteiger partial charge in [-0.25, -0.2) is 0 Å². The molecule has 1 saturated carbocycles. The molecule has 0 bridgehead atoms. The fourth-order valence-electron chi connectivity index (χ4n) is 2.60. The van der Waals surface area contributed by atoms with Gasteiger partial charge in [0, 0.05) is 23.8 Å². The molecule has 0 atom stereocenters. The Kier molecular flexibility index (Phi) is 5.46. The minimum absolute atomic E-state index is 0.0730. The number of hydrogen-bond donors (Lipinski definition) is 2. The van der Waals surface area contributed by atoms with Crippen molar-refractivity contribution in [3.63, 3.8) is 0 Å². The summed E-state index contributed by atoms with van der Waals surface area (Å²) in [6.07, 6.45) is 2.20. The number of rotatable bonds is 7. The van der Waals surface area contributed by atoms with Crippen molar-refractivity contribution in [3.8, 4) is 0 Å². The number of nitrogens with one attached hydrogen (secondary N) is 2. The third-order valence-corrected chi connectivity index (χ3v) is 4.06. The lowest BCUT2D eigenvalue weighted by molar-refractivity contribution is -0.122. The van der Waals surface area contributed by atoms with E-state index in [4.69, 9.17) is 0 Å². The summed E-state index contributed by atoms with van der Waals surface area (Å²) in [5.74, 6) is -0.0567. The number of benzene rings is 2. The first kappa shape index (κ1) is 17.2. The van der Waals surface area contributed by atoms with E-state index in [1.165, 1.54) is 0 Å². The molecule has 0 aromatic heterocycles. The van der Waals surface area contributed by atoms with Gasteiger partial charge in [-0.05, 0) is 49.7 Å². The average Bonchev–Trinajstić information content (AvgIpc) is 3.40. The van der Waals surface area contributed by atoms with Crippen molar-refractivity contribution in [1.29, 1.82) is 0 Å². The molecule has 1 aliphatic rings. The summed E-state index contributed by atoms with van der Waals surface area (Å²) in [7, 11) is 1.92. The van der Waals surface area contributed by atoms with Crippen LogP contribution in [-0.2, 0) is 11.3 Å². The molecular weight excluding hydrogens is 314 g/mol. The Labute approximate surface area is 148 Å². The lowest BCUT2D eigenvalue weighted by Crippen LogP contribution is -2.35. The van der Waals surface area contributed by atoms with E-state index in [-0.39, 0.29) is 11.8 Å². The molecule has 2 N–H and O–H groups in total. The van der Waals surface area contributed by atoms with Crippen LogP contribution in [0.15, 0.2) is 54.6 Å². The van der Waals surface area contributed by atoms with Gasteiger partial charge in [0.15, 0.2) is 0 Å². The fraction of sp³-hybridized carbons (Fsp3) is 0.300. The van der Waals surface area contributed by atoms with Gasteiger partial charge in [0.2, 0.25) is 5.91 Å². The first-order chi connectivity index (χ1) is 12.1. The molecule has 1 fully saturated rings. The summed E-state index contributed by atoms with van der Waals surface area (Å²) in [5.41, 5.74) is 2.46. The topological polar surface area (TPSA) is 61.4 Å². The van der Waals surface area contributed by atoms with Crippen LogP contribution in [0.3, 0.4) is 0 Å². The van der Waals surface area contributed by atoms with Gasteiger partial charge in [-0.1, -0.05) is 30.3 Å². The van der Waals surface area contributed by atoms with E-state index in [1.807, 2.05) is 66.5 Å². The second-order valence-corrected chi connectivity index (χ2v) is 6.53. The minimum atomic E-state index is -0.130. The van der Waals surface area contributed by atoms with Gasteiger partial charge in [0.1, 0.15) is 0 Å². The molecule has 2 aromatic rings. The van der Waals surface area contributed by atoms with Crippen LogP contribution in [0.2, 0.25) is 0 Å². The molecule has 25 heavy (non-hydrogen) atoms. The predicted molar refractivity (Wildman–Crippen MR) is 98.3 cm³/mol. The highest BCUT2D eigenvalue weighted by atomic mass is 16.2. The second kappa shape index (κ2) is 7.94. The number of likely N-dealkylation sites (N-methyl/N-ethyl adjacent to an activating group) is 1. The van der Waals surface area contributed by atoms with Crippen LogP contribution in [0.4, 0.5) is 5.69 Å². The van der Waals surface area contributed by atoms with Crippen LogP contribution < -0.4 is 10.6 Å². The molecule has 5 nitrogen and oxygen atoms in total. The van der Waals surface area contributed by atoms with E-state index in [9.17, 15) is 9.59 Å². The normalized spacial score (nSPS) is 13.5. The molecule has 0 aliphatic heterocycles. The highest BCUT2D eigenvalue weighted by Gasteiger charge is 2.23. The van der Waals surface area contributed by atoms with Crippen molar-refractivity contribution in [3.05, 3.63) is 65.7 Å². The van der Waals surface area contributed by atoms with Crippen LogP contribution in [0.25, 0.3) is 0 Å². The van der Waals surface area contributed by atoms with Crippen LogP contribution in [-0.4, -0.2) is 36.3 Å². The Hall–Kier alpha value is -2.66. The van der Waals surface area contributed by atoms with Gasteiger partial charge in [-0.2, -0.15) is 0 Å². The van der Waals surface area contributed by atoms with Crippen molar-refractivity contribution in [2.24, 2.45) is 0 Å². The standard InChI is InChI=1S/C20H23N3O2/c1-23(14-19(24)21-18-11-12-18)13-15-7-9-16(10-8-15)20(25)22-17-5-3-2-4-6-17/h2-10,18H,11-14H2,1H3,(H,21,24)(H,22,25). The zero-order valence-electron chi connectivity index (χ0n) is 14.4. The van der Waals surface area contributed by atoms with Crippen molar-refractivity contribution < 1.29 is 9.59 Å². The first-order valence-electron chi connectivity index (χ1n) is 8.53. The zero-order valence-corrected chi connectivity index (χ0v) is 14.4. The molecule has 0 spiro atoms. The molecular formula is C20H23N3O2. The van der Waals surface area contributed by atoms with E-state index < -0.39 is 0 Å². The SMILES string of the molecule is CN(CC(=O)NC1CC1)Cc1ccc(C(=O)Nc2ccccc2)cc1. The van der Waals surface area contributed by atoms with Crippen LogP contribution >= 0.6 is 0 Å². The predicted octanol–water partition coefficient (Wildman–Crippen LogP) is 2.65. The number of hydrogen-bond acceptors (Lipinski definition) is 3. The molecule has 0 saturated heterocycles. The number of para-hydroxylation sites is 1. The van der Waals surface area contributed by atoms with Crippen LogP contribution in [0, 0.1) is 0 Å². The van der Waals surface area contributed by atoms with E-state index >= 15 is 0 Å². The van der Waals surface area contributed by atoms with Crippen LogP contribution in [0.1, 0.15) is 28.8 Å². The number of nitrogens with zero attached hydrogens (tertiary/aromatic N) is 1. The van der Waals surface area contributed by atoms with Crippen LogP contribution in [0.5, 0.6) is 0 Å². The summed E-state index contributed by atoms with van der Waals surface area (Å²) >= 11 is 0. The maximum atomic E-state index is 12.2. The number of carbonyl (C=O) groups excluding carboxylic acids is 2. The maximum absolute atomic E-state index is 12.2. The Bertz CT molecular complexity index is 724. The molecule has 0 heterocycles. The largest absolute Gasteiger partial charge is 0.352 e. The highest BCUT2D eigenvalue weighted by Crippen LogP contribution is 2.18. The molecule has 130 valence electrons.